The van der Waals surface area contributed by atoms with Gasteiger partial charge in [0.2, 0.25) is 0 Å². The number of esters is 1. The first-order chi connectivity index (χ1) is 7.92. The minimum Gasteiger partial charge on any atom is -0.468 e. The van der Waals surface area contributed by atoms with Crippen molar-refractivity contribution in [3.63, 3.8) is 0 Å². The van der Waals surface area contributed by atoms with E-state index in [1.807, 2.05) is 0 Å². The highest BCUT2D eigenvalue weighted by Gasteiger charge is 2.37. The van der Waals surface area contributed by atoms with E-state index in [1.54, 1.807) is 6.92 Å². The van der Waals surface area contributed by atoms with Crippen LogP contribution in [0.4, 0.5) is 0 Å². The zero-order chi connectivity index (χ0) is 13.1. The lowest BCUT2D eigenvalue weighted by Crippen LogP contribution is -2.51. The Balaban J connectivity index is 2.56. The van der Waals surface area contributed by atoms with Crippen LogP contribution in [0.15, 0.2) is 0 Å². The maximum Gasteiger partial charge on any atom is 0.325 e. The first-order valence-corrected chi connectivity index (χ1v) is 6.55. The fourth-order valence-electron chi connectivity index (χ4n) is 2.47. The molecule has 4 nitrogen and oxygen atoms in total. The van der Waals surface area contributed by atoms with E-state index in [0.717, 1.165) is 13.0 Å². The summed E-state index contributed by atoms with van der Waals surface area (Å²) in [7, 11) is 1.39. The van der Waals surface area contributed by atoms with Crippen molar-refractivity contribution in [2.75, 3.05) is 13.7 Å². The second-order valence-electron chi connectivity index (χ2n) is 5.43. The molecule has 0 bridgehead atoms. The topological polar surface area (TPSA) is 55.6 Å². The molecule has 17 heavy (non-hydrogen) atoms. The van der Waals surface area contributed by atoms with Crippen molar-refractivity contribution in [2.45, 2.75) is 64.1 Å². The van der Waals surface area contributed by atoms with E-state index in [1.165, 1.54) is 20.0 Å². The predicted molar refractivity (Wildman–Crippen MR) is 68.7 cm³/mol. The number of hydrogen-bond donors (Lipinski definition) is 1. The van der Waals surface area contributed by atoms with E-state index < -0.39 is 5.54 Å². The molecule has 0 aromatic heterocycles. The lowest BCUT2D eigenvalue weighted by Gasteiger charge is -2.33. The highest BCUT2D eigenvalue weighted by atomic mass is 16.5. The molecule has 1 rings (SSSR count). The lowest BCUT2D eigenvalue weighted by atomic mass is 9.94. The third kappa shape index (κ3) is 3.96. The van der Waals surface area contributed by atoms with Crippen molar-refractivity contribution < 1.29 is 9.53 Å². The Morgan fingerprint density at radius 1 is 1.59 bits per heavy atom. The number of carbonyl (C=O) groups is 1. The summed E-state index contributed by atoms with van der Waals surface area (Å²) >= 11 is 0. The molecule has 2 atom stereocenters. The summed E-state index contributed by atoms with van der Waals surface area (Å²) in [6.07, 6.45) is 4.35. The zero-order valence-corrected chi connectivity index (χ0v) is 11.5. The molecule has 0 heterocycles. The van der Waals surface area contributed by atoms with E-state index in [0.29, 0.717) is 18.5 Å². The summed E-state index contributed by atoms with van der Waals surface area (Å²) in [6.45, 7) is 7.18. The van der Waals surface area contributed by atoms with E-state index in [4.69, 9.17) is 10.5 Å². The summed E-state index contributed by atoms with van der Waals surface area (Å²) in [5.74, 6) is -0.323. The maximum absolute atomic E-state index is 11.6. The summed E-state index contributed by atoms with van der Waals surface area (Å²) in [5.41, 5.74) is 5.15. The van der Waals surface area contributed by atoms with Gasteiger partial charge in [0, 0.05) is 12.1 Å². The average molecular weight is 242 g/mol. The van der Waals surface area contributed by atoms with Gasteiger partial charge in [-0.05, 0) is 46.1 Å². The zero-order valence-electron chi connectivity index (χ0n) is 11.5. The molecule has 2 N–H and O–H groups in total. The Hall–Kier alpha value is -0.610. The fourth-order valence-corrected chi connectivity index (χ4v) is 2.47. The molecule has 1 saturated carbocycles. The quantitative estimate of drug-likeness (QED) is 0.688. The van der Waals surface area contributed by atoms with Crippen LogP contribution >= 0.6 is 0 Å². The summed E-state index contributed by atoms with van der Waals surface area (Å²) < 4.78 is 4.75. The third-order valence-electron chi connectivity index (χ3n) is 3.44. The molecule has 0 aliphatic heterocycles. The molecule has 1 aliphatic rings. The van der Waals surface area contributed by atoms with Crippen LogP contribution in [0.25, 0.3) is 0 Å². The normalized spacial score (nSPS) is 21.1. The van der Waals surface area contributed by atoms with Crippen molar-refractivity contribution >= 4 is 5.97 Å². The SMILES string of the molecule is CCCN(C(C)CC(C)(N)C(=O)OC)C1CC1. The van der Waals surface area contributed by atoms with Crippen molar-refractivity contribution in [3.8, 4) is 0 Å². The summed E-state index contributed by atoms with van der Waals surface area (Å²) in [5, 5.41) is 0. The minimum absolute atomic E-state index is 0.323. The van der Waals surface area contributed by atoms with Crippen LogP contribution in [-0.2, 0) is 9.53 Å². The standard InChI is InChI=1S/C13H26N2O2/c1-5-8-15(11-6-7-11)10(2)9-13(3,14)12(16)17-4/h10-11H,5-9,14H2,1-4H3. The number of nitrogens with two attached hydrogens (primary N) is 1. The van der Waals surface area contributed by atoms with E-state index in [2.05, 4.69) is 18.7 Å². The molecule has 2 unspecified atom stereocenters. The summed E-state index contributed by atoms with van der Waals surface area (Å²) in [4.78, 5) is 14.0. The largest absolute Gasteiger partial charge is 0.468 e. The van der Waals surface area contributed by atoms with Crippen molar-refractivity contribution in [1.82, 2.24) is 4.90 Å². The molecule has 0 amide bonds. The van der Waals surface area contributed by atoms with Crippen molar-refractivity contribution in [3.05, 3.63) is 0 Å². The van der Waals surface area contributed by atoms with E-state index in [-0.39, 0.29) is 5.97 Å². The van der Waals surface area contributed by atoms with E-state index >= 15 is 0 Å². The van der Waals surface area contributed by atoms with Gasteiger partial charge in [0.1, 0.15) is 5.54 Å². The van der Waals surface area contributed by atoms with Crippen LogP contribution in [0, 0.1) is 0 Å². The second-order valence-corrected chi connectivity index (χ2v) is 5.43. The molecule has 1 fully saturated rings. The van der Waals surface area contributed by atoms with Gasteiger partial charge < -0.3 is 10.5 Å². The van der Waals surface area contributed by atoms with Gasteiger partial charge in [-0.3, -0.25) is 9.69 Å². The van der Waals surface area contributed by atoms with Crippen molar-refractivity contribution in [1.29, 1.82) is 0 Å². The molecule has 0 aromatic carbocycles. The molecule has 1 aliphatic carbocycles. The van der Waals surface area contributed by atoms with Gasteiger partial charge in [-0.2, -0.15) is 0 Å². The first-order valence-electron chi connectivity index (χ1n) is 6.55. The average Bonchev–Trinajstić information content (AvgIpc) is 3.07. The molecular formula is C13H26N2O2. The Morgan fingerprint density at radius 2 is 2.18 bits per heavy atom. The van der Waals surface area contributed by atoms with Crippen LogP contribution < -0.4 is 5.73 Å². The molecular weight excluding hydrogens is 216 g/mol. The number of rotatable bonds is 7. The Kier molecular flexibility index (Phi) is 4.95. The van der Waals surface area contributed by atoms with Gasteiger partial charge in [-0.25, -0.2) is 0 Å². The number of hydrogen-bond acceptors (Lipinski definition) is 4. The maximum atomic E-state index is 11.6. The highest BCUT2D eigenvalue weighted by Crippen LogP contribution is 2.30. The summed E-state index contributed by atoms with van der Waals surface area (Å²) in [6, 6.07) is 1.04. The van der Waals surface area contributed by atoms with Crippen molar-refractivity contribution in [2.24, 2.45) is 5.73 Å². The minimum atomic E-state index is -0.880. The monoisotopic (exact) mass is 242 g/mol. The number of methoxy groups -OCH3 is 1. The van der Waals surface area contributed by atoms with Crippen LogP contribution in [0.2, 0.25) is 0 Å². The Morgan fingerprint density at radius 3 is 2.59 bits per heavy atom. The molecule has 4 heteroatoms. The number of carbonyl (C=O) groups excluding carboxylic acids is 1. The predicted octanol–water partition coefficient (Wildman–Crippen LogP) is 1.53. The second kappa shape index (κ2) is 5.83. The van der Waals surface area contributed by atoms with E-state index in [9.17, 15) is 4.79 Å². The lowest BCUT2D eigenvalue weighted by molar-refractivity contribution is -0.147. The van der Waals surface area contributed by atoms with Crippen LogP contribution in [0.1, 0.15) is 46.5 Å². The molecule has 0 aromatic rings. The first kappa shape index (κ1) is 14.5. The van der Waals surface area contributed by atoms with Gasteiger partial charge in [0.15, 0.2) is 0 Å². The smallest absolute Gasteiger partial charge is 0.325 e. The third-order valence-corrected chi connectivity index (χ3v) is 3.44. The fraction of sp³-hybridized carbons (Fsp3) is 0.923. The Bertz CT molecular complexity index is 262. The van der Waals surface area contributed by atoms with Gasteiger partial charge in [0.25, 0.3) is 0 Å². The molecule has 100 valence electrons. The van der Waals surface area contributed by atoms with Gasteiger partial charge in [-0.15, -0.1) is 0 Å². The van der Waals surface area contributed by atoms with Crippen LogP contribution in [0.5, 0.6) is 0 Å². The van der Waals surface area contributed by atoms with Gasteiger partial charge >= 0.3 is 5.97 Å². The van der Waals surface area contributed by atoms with Crippen LogP contribution in [-0.4, -0.2) is 42.1 Å². The Labute approximate surface area is 104 Å². The van der Waals surface area contributed by atoms with Crippen LogP contribution in [0.3, 0.4) is 0 Å². The number of ether oxygens (including phenoxy) is 1. The highest BCUT2D eigenvalue weighted by molar-refractivity contribution is 5.79. The van der Waals surface area contributed by atoms with Gasteiger partial charge in [0.05, 0.1) is 7.11 Å². The molecule has 0 radical (unpaired) electrons. The molecule has 0 saturated heterocycles. The number of nitrogens with zero attached hydrogens (tertiary/aromatic N) is 1. The molecule has 0 spiro atoms. The van der Waals surface area contributed by atoms with Gasteiger partial charge in [-0.1, -0.05) is 6.92 Å².